The summed E-state index contributed by atoms with van der Waals surface area (Å²) in [6.45, 7) is 0.417. The van der Waals surface area contributed by atoms with Gasteiger partial charge in [0.25, 0.3) is 0 Å². The van der Waals surface area contributed by atoms with Crippen LogP contribution in [0.3, 0.4) is 0 Å². The number of carbonyl (C=O) groups is 1. The van der Waals surface area contributed by atoms with Crippen LogP contribution in [0.2, 0.25) is 0 Å². The third-order valence-corrected chi connectivity index (χ3v) is 7.11. The fourth-order valence-electron chi connectivity index (χ4n) is 4.02. The van der Waals surface area contributed by atoms with Crippen LogP contribution in [0, 0.1) is 11.7 Å². The van der Waals surface area contributed by atoms with E-state index in [0.717, 1.165) is 51.7 Å². The highest BCUT2D eigenvalue weighted by atomic mass is 32.2. The number of esters is 1. The topological polar surface area (TPSA) is 63.7 Å². The summed E-state index contributed by atoms with van der Waals surface area (Å²) < 4.78 is 46.6. The van der Waals surface area contributed by atoms with Gasteiger partial charge in [0, 0.05) is 12.6 Å². The second kappa shape index (κ2) is 6.80. The Kier molecular flexibility index (Phi) is 4.92. The zero-order valence-electron chi connectivity index (χ0n) is 13.7. The number of fused-ring (bicyclic) bond motifs is 1. The van der Waals surface area contributed by atoms with E-state index in [0.29, 0.717) is 12.5 Å². The summed E-state index contributed by atoms with van der Waals surface area (Å²) in [5.41, 5.74) is -0.502. The molecule has 1 aliphatic carbocycles. The highest BCUT2D eigenvalue weighted by molar-refractivity contribution is 7.89. The van der Waals surface area contributed by atoms with E-state index >= 15 is 0 Å². The molecule has 1 aromatic carbocycles. The molecule has 24 heavy (non-hydrogen) atoms. The number of halogens is 1. The number of rotatable bonds is 3. The van der Waals surface area contributed by atoms with Gasteiger partial charge in [0.1, 0.15) is 11.4 Å². The molecule has 1 saturated carbocycles. The molecule has 0 unspecified atom stereocenters. The number of nitrogens with zero attached hydrogens (tertiary/aromatic N) is 1. The van der Waals surface area contributed by atoms with Crippen LogP contribution in [0.15, 0.2) is 23.1 Å². The number of hydrogen-bond acceptors (Lipinski definition) is 4. The molecule has 1 aliphatic heterocycles. The SMILES string of the molecule is COC(=O)c1c(F)cccc1S(=O)(=O)N1CCC[C@H]2CCCC[C@H]21. The molecule has 0 aromatic heterocycles. The van der Waals surface area contributed by atoms with Gasteiger partial charge in [-0.25, -0.2) is 17.6 Å². The van der Waals surface area contributed by atoms with E-state index in [1.807, 2.05) is 0 Å². The lowest BCUT2D eigenvalue weighted by Crippen LogP contribution is -2.49. The Labute approximate surface area is 141 Å². The Morgan fingerprint density at radius 3 is 2.67 bits per heavy atom. The van der Waals surface area contributed by atoms with Crippen LogP contribution in [0.25, 0.3) is 0 Å². The minimum atomic E-state index is -3.95. The van der Waals surface area contributed by atoms with Crippen molar-refractivity contribution in [1.29, 1.82) is 0 Å². The van der Waals surface area contributed by atoms with E-state index in [-0.39, 0.29) is 10.9 Å². The first-order valence-corrected chi connectivity index (χ1v) is 9.79. The van der Waals surface area contributed by atoms with E-state index in [1.54, 1.807) is 0 Å². The van der Waals surface area contributed by atoms with Crippen molar-refractivity contribution in [1.82, 2.24) is 4.31 Å². The van der Waals surface area contributed by atoms with E-state index in [2.05, 4.69) is 4.74 Å². The minimum absolute atomic E-state index is 0.0498. The van der Waals surface area contributed by atoms with Crippen molar-refractivity contribution < 1.29 is 22.3 Å². The van der Waals surface area contributed by atoms with E-state index in [4.69, 9.17) is 0 Å². The van der Waals surface area contributed by atoms with Gasteiger partial charge in [0.05, 0.1) is 12.0 Å². The zero-order chi connectivity index (χ0) is 17.3. The molecule has 0 N–H and O–H groups in total. The van der Waals surface area contributed by atoms with Gasteiger partial charge in [-0.05, 0) is 43.7 Å². The summed E-state index contributed by atoms with van der Waals surface area (Å²) >= 11 is 0. The molecule has 132 valence electrons. The van der Waals surface area contributed by atoms with Crippen molar-refractivity contribution >= 4 is 16.0 Å². The van der Waals surface area contributed by atoms with Crippen LogP contribution >= 0.6 is 0 Å². The van der Waals surface area contributed by atoms with Crippen LogP contribution in [-0.4, -0.2) is 38.4 Å². The van der Waals surface area contributed by atoms with Gasteiger partial charge in [0.15, 0.2) is 0 Å². The maximum atomic E-state index is 14.1. The predicted molar refractivity (Wildman–Crippen MR) is 86.6 cm³/mol. The monoisotopic (exact) mass is 355 g/mol. The molecule has 3 rings (SSSR count). The molecule has 1 saturated heterocycles. The second-order valence-corrected chi connectivity index (χ2v) is 8.33. The second-order valence-electron chi connectivity index (χ2n) is 6.47. The quantitative estimate of drug-likeness (QED) is 0.782. The van der Waals surface area contributed by atoms with E-state index in [1.165, 1.54) is 16.4 Å². The smallest absolute Gasteiger partial charge is 0.342 e. The van der Waals surface area contributed by atoms with E-state index < -0.39 is 27.4 Å². The molecule has 2 atom stereocenters. The molecule has 5 nitrogen and oxygen atoms in total. The van der Waals surface area contributed by atoms with Crippen molar-refractivity contribution in [3.8, 4) is 0 Å². The number of piperidine rings is 1. The van der Waals surface area contributed by atoms with Crippen LogP contribution < -0.4 is 0 Å². The minimum Gasteiger partial charge on any atom is -0.465 e. The molecular formula is C17H22FNO4S. The Bertz CT molecular complexity index is 732. The number of ether oxygens (including phenoxy) is 1. The summed E-state index contributed by atoms with van der Waals surface area (Å²) in [5, 5.41) is 0. The number of carbonyl (C=O) groups excluding carboxylic acids is 1. The zero-order valence-corrected chi connectivity index (χ0v) is 14.5. The van der Waals surface area contributed by atoms with Crippen molar-refractivity contribution in [3.63, 3.8) is 0 Å². The normalized spacial score (nSPS) is 25.1. The van der Waals surface area contributed by atoms with Crippen LogP contribution in [0.5, 0.6) is 0 Å². The molecule has 0 spiro atoms. The van der Waals surface area contributed by atoms with Crippen LogP contribution in [0.1, 0.15) is 48.9 Å². The molecule has 2 fully saturated rings. The maximum absolute atomic E-state index is 14.1. The Morgan fingerprint density at radius 1 is 1.21 bits per heavy atom. The van der Waals surface area contributed by atoms with Gasteiger partial charge in [-0.15, -0.1) is 0 Å². The molecular weight excluding hydrogens is 333 g/mol. The van der Waals surface area contributed by atoms with Crippen molar-refractivity contribution in [2.75, 3.05) is 13.7 Å². The molecule has 1 aromatic rings. The fraction of sp³-hybridized carbons (Fsp3) is 0.588. The van der Waals surface area contributed by atoms with Gasteiger partial charge in [0.2, 0.25) is 10.0 Å². The average Bonchev–Trinajstić information content (AvgIpc) is 2.60. The number of sulfonamides is 1. The molecule has 7 heteroatoms. The lowest BCUT2D eigenvalue weighted by molar-refractivity contribution is 0.0590. The Balaban J connectivity index is 2.05. The summed E-state index contributed by atoms with van der Waals surface area (Å²) in [6, 6.07) is 3.63. The van der Waals surface area contributed by atoms with Crippen molar-refractivity contribution in [2.24, 2.45) is 5.92 Å². The van der Waals surface area contributed by atoms with Gasteiger partial charge < -0.3 is 4.74 Å². The molecule has 0 amide bonds. The standard InChI is InChI=1S/C17H22FNO4S/c1-23-17(20)16-13(18)8-4-10-15(16)24(21,22)19-11-5-7-12-6-2-3-9-14(12)19/h4,8,10,12,14H,2-3,5-7,9,11H2,1H3/t12-,14-/m1/s1. The molecule has 1 heterocycles. The van der Waals surface area contributed by atoms with Gasteiger partial charge in [-0.1, -0.05) is 18.9 Å². The van der Waals surface area contributed by atoms with Crippen LogP contribution in [0.4, 0.5) is 4.39 Å². The van der Waals surface area contributed by atoms with Crippen molar-refractivity contribution in [2.45, 2.75) is 49.5 Å². The van der Waals surface area contributed by atoms with Gasteiger partial charge in [-0.2, -0.15) is 4.31 Å². The molecule has 0 bridgehead atoms. The lowest BCUT2D eigenvalue weighted by Gasteiger charge is -2.43. The average molecular weight is 355 g/mol. The third kappa shape index (κ3) is 2.95. The number of benzene rings is 1. The van der Waals surface area contributed by atoms with Gasteiger partial charge in [-0.3, -0.25) is 0 Å². The van der Waals surface area contributed by atoms with Gasteiger partial charge >= 0.3 is 5.97 Å². The predicted octanol–water partition coefficient (Wildman–Crippen LogP) is 2.96. The highest BCUT2D eigenvalue weighted by Crippen LogP contribution is 2.38. The highest BCUT2D eigenvalue weighted by Gasteiger charge is 2.41. The summed E-state index contributed by atoms with van der Waals surface area (Å²) in [6.07, 6.45) is 5.81. The first-order chi connectivity index (χ1) is 11.5. The fourth-order valence-corrected chi connectivity index (χ4v) is 5.97. The largest absolute Gasteiger partial charge is 0.465 e. The van der Waals surface area contributed by atoms with E-state index in [9.17, 15) is 17.6 Å². The number of methoxy groups -OCH3 is 1. The number of hydrogen-bond donors (Lipinski definition) is 0. The summed E-state index contributed by atoms with van der Waals surface area (Å²) in [5.74, 6) is -1.48. The summed E-state index contributed by atoms with van der Waals surface area (Å²) in [4.78, 5) is 11.6. The molecule has 2 aliphatic rings. The third-order valence-electron chi connectivity index (χ3n) is 5.14. The Morgan fingerprint density at radius 2 is 1.92 bits per heavy atom. The van der Waals surface area contributed by atoms with Crippen molar-refractivity contribution in [3.05, 3.63) is 29.6 Å². The Hall–Kier alpha value is -1.47. The first kappa shape index (κ1) is 17.4. The summed E-state index contributed by atoms with van der Waals surface area (Å²) in [7, 11) is -2.83. The van der Waals surface area contributed by atoms with Crippen LogP contribution in [-0.2, 0) is 14.8 Å². The lowest BCUT2D eigenvalue weighted by atomic mass is 9.79. The molecule has 0 radical (unpaired) electrons. The first-order valence-electron chi connectivity index (χ1n) is 8.35. The maximum Gasteiger partial charge on any atom is 0.342 e.